The fourth-order valence-corrected chi connectivity index (χ4v) is 4.59. The summed E-state index contributed by atoms with van der Waals surface area (Å²) < 4.78 is 0. The van der Waals surface area contributed by atoms with Gasteiger partial charge in [0.15, 0.2) is 0 Å². The molecule has 0 aromatic heterocycles. The third-order valence-corrected chi connectivity index (χ3v) is 6.20. The van der Waals surface area contributed by atoms with Gasteiger partial charge in [-0.3, -0.25) is 29.4 Å². The number of hydrogen-bond donors (Lipinski definition) is 2. The molecule has 4 amide bonds. The fraction of sp³-hybridized carbons (Fsp3) is 0.500. The van der Waals surface area contributed by atoms with Gasteiger partial charge in [-0.1, -0.05) is 0 Å². The van der Waals surface area contributed by atoms with Crippen molar-refractivity contribution in [2.24, 2.45) is 5.92 Å². The summed E-state index contributed by atoms with van der Waals surface area (Å²) in [5.74, 6) is -1.18. The van der Waals surface area contributed by atoms with E-state index in [0.29, 0.717) is 23.1 Å². The summed E-state index contributed by atoms with van der Waals surface area (Å²) >= 11 is 0. The standard InChI is InChI=1S/C20H22N4O4/c25-17-6-5-15(18(26)22-17)24-19(27)13-4-3-12(9-14(13)20(24)28)23-8-7-21-10-16(23)11-1-2-11/h3-4,9,11,15-16,21H,1-2,5-8,10H2,(H,22,25,26). The van der Waals surface area contributed by atoms with E-state index in [1.54, 1.807) is 12.1 Å². The Balaban J connectivity index is 1.44. The molecule has 146 valence electrons. The van der Waals surface area contributed by atoms with Crippen LogP contribution >= 0.6 is 0 Å². The molecule has 2 saturated heterocycles. The van der Waals surface area contributed by atoms with Gasteiger partial charge in [-0.2, -0.15) is 0 Å². The normalized spacial score (nSPS) is 27.9. The summed E-state index contributed by atoms with van der Waals surface area (Å²) in [7, 11) is 0. The fourth-order valence-electron chi connectivity index (χ4n) is 4.59. The molecule has 3 heterocycles. The minimum atomic E-state index is -0.924. The number of anilines is 1. The van der Waals surface area contributed by atoms with Crippen molar-refractivity contribution in [3.63, 3.8) is 0 Å². The number of fused-ring (bicyclic) bond motifs is 1. The van der Waals surface area contributed by atoms with Crippen LogP contribution in [0.3, 0.4) is 0 Å². The van der Waals surface area contributed by atoms with Crippen LogP contribution in [-0.4, -0.2) is 60.2 Å². The summed E-state index contributed by atoms with van der Waals surface area (Å²) in [6.45, 7) is 2.67. The van der Waals surface area contributed by atoms with Crippen molar-refractivity contribution in [3.05, 3.63) is 29.3 Å². The second kappa shape index (κ2) is 6.41. The van der Waals surface area contributed by atoms with E-state index in [0.717, 1.165) is 30.2 Å². The lowest BCUT2D eigenvalue weighted by Crippen LogP contribution is -2.54. The number of nitrogens with zero attached hydrogens (tertiary/aromatic N) is 2. The van der Waals surface area contributed by atoms with Crippen LogP contribution in [0.25, 0.3) is 0 Å². The number of imide groups is 2. The Morgan fingerprint density at radius 3 is 2.50 bits per heavy atom. The summed E-state index contributed by atoms with van der Waals surface area (Å²) in [6.07, 6.45) is 2.76. The number of amides is 4. The number of piperidine rings is 1. The Labute approximate surface area is 162 Å². The molecule has 1 saturated carbocycles. The van der Waals surface area contributed by atoms with E-state index in [1.165, 1.54) is 12.8 Å². The van der Waals surface area contributed by atoms with Gasteiger partial charge in [-0.25, -0.2) is 0 Å². The molecule has 28 heavy (non-hydrogen) atoms. The molecule has 1 aliphatic carbocycles. The van der Waals surface area contributed by atoms with Gasteiger partial charge in [0.05, 0.1) is 11.1 Å². The number of nitrogens with one attached hydrogen (secondary N) is 2. The van der Waals surface area contributed by atoms with E-state index >= 15 is 0 Å². The summed E-state index contributed by atoms with van der Waals surface area (Å²) in [5.41, 5.74) is 1.63. The smallest absolute Gasteiger partial charge is 0.262 e. The second-order valence-corrected chi connectivity index (χ2v) is 7.98. The first-order valence-corrected chi connectivity index (χ1v) is 9.87. The summed E-state index contributed by atoms with van der Waals surface area (Å²) in [6, 6.07) is 4.88. The summed E-state index contributed by atoms with van der Waals surface area (Å²) in [5, 5.41) is 5.66. The van der Waals surface area contributed by atoms with Crippen molar-refractivity contribution < 1.29 is 19.2 Å². The first-order chi connectivity index (χ1) is 13.5. The largest absolute Gasteiger partial charge is 0.366 e. The molecule has 1 aromatic rings. The quantitative estimate of drug-likeness (QED) is 0.729. The maximum Gasteiger partial charge on any atom is 0.262 e. The van der Waals surface area contributed by atoms with Crippen LogP contribution in [-0.2, 0) is 9.59 Å². The van der Waals surface area contributed by atoms with E-state index in [-0.39, 0.29) is 18.7 Å². The van der Waals surface area contributed by atoms with E-state index in [1.807, 2.05) is 6.07 Å². The molecule has 2 unspecified atom stereocenters. The number of hydrogen-bond acceptors (Lipinski definition) is 6. The third-order valence-electron chi connectivity index (χ3n) is 6.20. The number of piperazine rings is 1. The minimum absolute atomic E-state index is 0.124. The molecule has 8 heteroatoms. The highest BCUT2D eigenvalue weighted by molar-refractivity contribution is 6.23. The zero-order valence-electron chi connectivity index (χ0n) is 15.4. The van der Waals surface area contributed by atoms with Crippen molar-refractivity contribution in [3.8, 4) is 0 Å². The molecule has 2 N–H and O–H groups in total. The van der Waals surface area contributed by atoms with Crippen LogP contribution in [0.4, 0.5) is 5.69 Å². The first kappa shape index (κ1) is 17.4. The Morgan fingerprint density at radius 1 is 0.964 bits per heavy atom. The molecule has 8 nitrogen and oxygen atoms in total. The number of rotatable bonds is 3. The molecule has 1 aromatic carbocycles. The lowest BCUT2D eigenvalue weighted by atomic mass is 10.0. The average Bonchev–Trinajstić information content (AvgIpc) is 3.51. The predicted octanol–water partition coefficient (Wildman–Crippen LogP) is 0.276. The first-order valence-electron chi connectivity index (χ1n) is 9.87. The number of carbonyl (C=O) groups is 4. The Bertz CT molecular complexity index is 894. The van der Waals surface area contributed by atoms with Crippen molar-refractivity contribution in [2.45, 2.75) is 37.8 Å². The van der Waals surface area contributed by atoms with Crippen molar-refractivity contribution in [1.29, 1.82) is 0 Å². The lowest BCUT2D eigenvalue weighted by Gasteiger charge is -2.38. The monoisotopic (exact) mass is 382 g/mol. The molecular weight excluding hydrogens is 360 g/mol. The van der Waals surface area contributed by atoms with Gasteiger partial charge in [0, 0.05) is 37.8 Å². The Morgan fingerprint density at radius 2 is 1.75 bits per heavy atom. The molecule has 0 spiro atoms. The second-order valence-electron chi connectivity index (χ2n) is 7.98. The van der Waals surface area contributed by atoms with E-state index < -0.39 is 23.8 Å². The number of carbonyl (C=O) groups excluding carboxylic acids is 4. The van der Waals surface area contributed by atoms with Gasteiger partial charge < -0.3 is 10.2 Å². The number of benzene rings is 1. The van der Waals surface area contributed by atoms with Crippen molar-refractivity contribution in [2.75, 3.05) is 24.5 Å². The Hall–Kier alpha value is -2.74. The molecular formula is C20H22N4O4. The SMILES string of the molecule is O=C1CCC(N2C(=O)c3ccc(N4CCNCC4C4CC4)cc3C2=O)C(=O)N1. The van der Waals surface area contributed by atoms with Crippen LogP contribution in [0.15, 0.2) is 18.2 Å². The van der Waals surface area contributed by atoms with Gasteiger partial charge in [0.2, 0.25) is 11.8 Å². The maximum absolute atomic E-state index is 13.0. The predicted molar refractivity (Wildman–Crippen MR) is 99.8 cm³/mol. The lowest BCUT2D eigenvalue weighted by molar-refractivity contribution is -0.136. The zero-order chi connectivity index (χ0) is 19.4. The van der Waals surface area contributed by atoms with Crippen LogP contribution in [0, 0.1) is 5.92 Å². The van der Waals surface area contributed by atoms with Crippen LogP contribution < -0.4 is 15.5 Å². The highest BCUT2D eigenvalue weighted by Crippen LogP contribution is 2.38. The van der Waals surface area contributed by atoms with Crippen LogP contribution in [0.1, 0.15) is 46.4 Å². The molecule has 3 aliphatic heterocycles. The van der Waals surface area contributed by atoms with E-state index in [2.05, 4.69) is 15.5 Å². The van der Waals surface area contributed by atoms with Crippen molar-refractivity contribution >= 4 is 29.3 Å². The van der Waals surface area contributed by atoms with Crippen LogP contribution in [0.2, 0.25) is 0 Å². The minimum Gasteiger partial charge on any atom is -0.366 e. The molecule has 5 rings (SSSR count). The maximum atomic E-state index is 13.0. The van der Waals surface area contributed by atoms with Gasteiger partial charge in [-0.15, -0.1) is 0 Å². The molecule has 0 bridgehead atoms. The van der Waals surface area contributed by atoms with Gasteiger partial charge in [-0.05, 0) is 43.4 Å². The highest BCUT2D eigenvalue weighted by atomic mass is 16.2. The van der Waals surface area contributed by atoms with Gasteiger partial charge >= 0.3 is 0 Å². The molecule has 4 aliphatic rings. The topological polar surface area (TPSA) is 98.8 Å². The molecule has 0 radical (unpaired) electrons. The summed E-state index contributed by atoms with van der Waals surface area (Å²) in [4.78, 5) is 52.8. The molecule has 3 fully saturated rings. The van der Waals surface area contributed by atoms with E-state index in [9.17, 15) is 19.2 Å². The van der Waals surface area contributed by atoms with Crippen LogP contribution in [0.5, 0.6) is 0 Å². The van der Waals surface area contributed by atoms with Crippen molar-refractivity contribution in [1.82, 2.24) is 15.5 Å². The van der Waals surface area contributed by atoms with Gasteiger partial charge in [0.1, 0.15) is 6.04 Å². The third kappa shape index (κ3) is 2.71. The average molecular weight is 382 g/mol. The van der Waals surface area contributed by atoms with E-state index in [4.69, 9.17) is 0 Å². The molecule has 2 atom stereocenters. The van der Waals surface area contributed by atoms with Gasteiger partial charge in [0.25, 0.3) is 11.8 Å². The zero-order valence-corrected chi connectivity index (χ0v) is 15.4. The highest BCUT2D eigenvalue weighted by Gasteiger charge is 2.45. The Kier molecular flexibility index (Phi) is 3.97.